The van der Waals surface area contributed by atoms with Crippen molar-refractivity contribution >= 4 is 23.4 Å². The highest BCUT2D eigenvalue weighted by Gasteiger charge is 2.08. The van der Waals surface area contributed by atoms with Gasteiger partial charge in [0, 0.05) is 20.2 Å². The first-order valence-electron chi connectivity index (χ1n) is 5.29. The minimum atomic E-state index is 0.383. The van der Waals surface area contributed by atoms with Crippen LogP contribution in [0.25, 0.3) is 0 Å². The van der Waals surface area contributed by atoms with Gasteiger partial charge in [-0.05, 0) is 12.1 Å². The van der Waals surface area contributed by atoms with Crippen LogP contribution in [0, 0.1) is 6.92 Å². The lowest BCUT2D eigenvalue weighted by Gasteiger charge is -2.04. The van der Waals surface area contributed by atoms with Crippen molar-refractivity contribution < 1.29 is 4.52 Å². The Labute approximate surface area is 109 Å². The van der Waals surface area contributed by atoms with Crippen LogP contribution < -0.4 is 10.2 Å². The maximum absolute atomic E-state index is 5.83. The normalized spacial score (nSPS) is 10.4. The Morgan fingerprint density at radius 2 is 2.11 bits per heavy atom. The number of aromatic nitrogens is 4. The van der Waals surface area contributed by atoms with E-state index in [2.05, 4.69) is 25.4 Å². The SMILES string of the molecule is Cc1nc(Cl)cc(NCc2nc(N(C)C)no2)n1. The lowest BCUT2D eigenvalue weighted by atomic mass is 10.5. The predicted octanol–water partition coefficient (Wildman–Crippen LogP) is 1.50. The van der Waals surface area contributed by atoms with E-state index in [1.807, 2.05) is 14.1 Å². The van der Waals surface area contributed by atoms with Gasteiger partial charge in [0.15, 0.2) is 0 Å². The lowest BCUT2D eigenvalue weighted by molar-refractivity contribution is 0.383. The first kappa shape index (κ1) is 12.6. The smallest absolute Gasteiger partial charge is 0.265 e. The molecule has 2 heterocycles. The van der Waals surface area contributed by atoms with E-state index in [9.17, 15) is 0 Å². The van der Waals surface area contributed by atoms with Gasteiger partial charge in [-0.25, -0.2) is 9.97 Å². The molecule has 0 aromatic carbocycles. The molecule has 0 radical (unpaired) electrons. The molecule has 2 aromatic heterocycles. The third-order valence-electron chi connectivity index (χ3n) is 2.08. The standard InChI is InChI=1S/C10H13ClN6O/c1-6-13-7(11)4-8(14-6)12-5-9-15-10(16-18-9)17(2)3/h4H,5H2,1-3H3,(H,12,13,14). The highest BCUT2D eigenvalue weighted by molar-refractivity contribution is 6.29. The van der Waals surface area contributed by atoms with Gasteiger partial charge >= 0.3 is 0 Å². The molecule has 0 aliphatic carbocycles. The molecule has 0 spiro atoms. The first-order valence-corrected chi connectivity index (χ1v) is 5.67. The molecular formula is C10H13ClN6O. The molecule has 2 aromatic rings. The van der Waals surface area contributed by atoms with Gasteiger partial charge in [0.25, 0.3) is 5.95 Å². The fraction of sp³-hybridized carbons (Fsp3) is 0.400. The van der Waals surface area contributed by atoms with E-state index < -0.39 is 0 Å². The highest BCUT2D eigenvalue weighted by Crippen LogP contribution is 2.12. The quantitative estimate of drug-likeness (QED) is 0.842. The first-order chi connectivity index (χ1) is 8.54. The molecule has 0 saturated heterocycles. The van der Waals surface area contributed by atoms with E-state index in [1.54, 1.807) is 17.9 Å². The molecular weight excluding hydrogens is 256 g/mol. The van der Waals surface area contributed by atoms with Crippen molar-refractivity contribution in [1.29, 1.82) is 0 Å². The summed E-state index contributed by atoms with van der Waals surface area (Å²) in [6.45, 7) is 2.15. The van der Waals surface area contributed by atoms with Gasteiger partial charge in [-0.1, -0.05) is 11.6 Å². The Bertz CT molecular complexity index is 521. The van der Waals surface area contributed by atoms with Crippen LogP contribution in [0.4, 0.5) is 11.8 Å². The second-order valence-corrected chi connectivity index (χ2v) is 4.25. The summed E-state index contributed by atoms with van der Waals surface area (Å²) in [6.07, 6.45) is 0. The van der Waals surface area contributed by atoms with E-state index in [0.717, 1.165) is 0 Å². The molecule has 8 heteroatoms. The van der Waals surface area contributed by atoms with E-state index in [4.69, 9.17) is 16.1 Å². The van der Waals surface area contributed by atoms with E-state index in [0.29, 0.717) is 35.2 Å². The van der Waals surface area contributed by atoms with Crippen LogP contribution in [0.1, 0.15) is 11.7 Å². The second-order valence-electron chi connectivity index (χ2n) is 3.86. The monoisotopic (exact) mass is 268 g/mol. The Morgan fingerprint density at radius 3 is 2.72 bits per heavy atom. The maximum Gasteiger partial charge on any atom is 0.265 e. The Balaban J connectivity index is 2.02. The summed E-state index contributed by atoms with van der Waals surface area (Å²) < 4.78 is 5.07. The van der Waals surface area contributed by atoms with Crippen molar-refractivity contribution in [3.8, 4) is 0 Å². The van der Waals surface area contributed by atoms with Gasteiger partial charge in [-0.2, -0.15) is 4.98 Å². The van der Waals surface area contributed by atoms with Gasteiger partial charge in [-0.3, -0.25) is 0 Å². The highest BCUT2D eigenvalue weighted by atomic mass is 35.5. The minimum absolute atomic E-state index is 0.383. The van der Waals surface area contributed by atoms with Crippen molar-refractivity contribution in [2.45, 2.75) is 13.5 Å². The number of rotatable bonds is 4. The Morgan fingerprint density at radius 1 is 1.33 bits per heavy atom. The predicted molar refractivity (Wildman–Crippen MR) is 67.7 cm³/mol. The van der Waals surface area contributed by atoms with Crippen molar-refractivity contribution in [3.05, 3.63) is 22.9 Å². The fourth-order valence-corrected chi connectivity index (χ4v) is 1.51. The Hall–Kier alpha value is -1.89. The number of halogens is 1. The van der Waals surface area contributed by atoms with Crippen LogP contribution in [-0.4, -0.2) is 34.2 Å². The average molecular weight is 269 g/mol. The maximum atomic E-state index is 5.83. The van der Waals surface area contributed by atoms with Crippen LogP contribution in [0.3, 0.4) is 0 Å². The molecule has 96 valence electrons. The molecule has 0 amide bonds. The number of anilines is 2. The molecule has 0 bridgehead atoms. The van der Waals surface area contributed by atoms with Gasteiger partial charge < -0.3 is 14.7 Å². The number of nitrogens with one attached hydrogen (secondary N) is 1. The topological polar surface area (TPSA) is 80.0 Å². The molecule has 0 atom stereocenters. The largest absolute Gasteiger partial charge is 0.361 e. The molecule has 0 aliphatic rings. The van der Waals surface area contributed by atoms with Gasteiger partial charge in [0.2, 0.25) is 5.89 Å². The average Bonchev–Trinajstić information content (AvgIpc) is 2.73. The van der Waals surface area contributed by atoms with E-state index in [1.165, 1.54) is 0 Å². The molecule has 0 unspecified atom stereocenters. The van der Waals surface area contributed by atoms with E-state index >= 15 is 0 Å². The number of aryl methyl sites for hydroxylation is 1. The second kappa shape index (κ2) is 5.18. The zero-order chi connectivity index (χ0) is 13.1. The van der Waals surface area contributed by atoms with E-state index in [-0.39, 0.29) is 0 Å². The summed E-state index contributed by atoms with van der Waals surface area (Å²) >= 11 is 5.83. The number of hydrogen-bond acceptors (Lipinski definition) is 7. The fourth-order valence-electron chi connectivity index (χ4n) is 1.29. The molecule has 18 heavy (non-hydrogen) atoms. The Kier molecular flexibility index (Phi) is 3.61. The summed E-state index contributed by atoms with van der Waals surface area (Å²) in [7, 11) is 3.69. The van der Waals surface area contributed by atoms with Crippen molar-refractivity contribution in [1.82, 2.24) is 20.1 Å². The van der Waals surface area contributed by atoms with Gasteiger partial charge in [0.1, 0.15) is 16.8 Å². The van der Waals surface area contributed by atoms with Crippen LogP contribution in [0.2, 0.25) is 5.15 Å². The summed E-state index contributed by atoms with van der Waals surface area (Å²) in [5.41, 5.74) is 0. The van der Waals surface area contributed by atoms with Crippen LogP contribution in [0.15, 0.2) is 10.6 Å². The summed E-state index contributed by atoms with van der Waals surface area (Å²) in [5.74, 6) is 2.23. The third kappa shape index (κ3) is 3.07. The minimum Gasteiger partial charge on any atom is -0.361 e. The number of hydrogen-bond donors (Lipinski definition) is 1. The molecule has 7 nitrogen and oxygen atoms in total. The van der Waals surface area contributed by atoms with Crippen molar-refractivity contribution in [2.24, 2.45) is 0 Å². The van der Waals surface area contributed by atoms with Crippen LogP contribution >= 0.6 is 11.6 Å². The van der Waals surface area contributed by atoms with Crippen molar-refractivity contribution in [3.63, 3.8) is 0 Å². The molecule has 0 fully saturated rings. The zero-order valence-electron chi connectivity index (χ0n) is 10.3. The summed E-state index contributed by atoms with van der Waals surface area (Å²) in [5, 5.41) is 7.24. The van der Waals surface area contributed by atoms with Gasteiger partial charge in [0.05, 0.1) is 6.54 Å². The zero-order valence-corrected chi connectivity index (χ0v) is 11.1. The van der Waals surface area contributed by atoms with Crippen molar-refractivity contribution in [2.75, 3.05) is 24.3 Å². The van der Waals surface area contributed by atoms with Crippen LogP contribution in [0.5, 0.6) is 0 Å². The molecule has 2 rings (SSSR count). The third-order valence-corrected chi connectivity index (χ3v) is 2.28. The van der Waals surface area contributed by atoms with Gasteiger partial charge in [-0.15, -0.1) is 0 Å². The lowest BCUT2D eigenvalue weighted by Crippen LogP contribution is -2.10. The number of nitrogens with zero attached hydrogens (tertiary/aromatic N) is 5. The summed E-state index contributed by atoms with van der Waals surface area (Å²) in [4.78, 5) is 14.1. The van der Waals surface area contributed by atoms with Crippen LogP contribution in [-0.2, 0) is 6.54 Å². The molecule has 0 saturated carbocycles. The molecule has 0 aliphatic heterocycles. The summed E-state index contributed by atoms with van der Waals surface area (Å²) in [6, 6.07) is 1.64. The molecule has 1 N–H and O–H groups in total.